The average Bonchev–Trinajstić information content (AvgIpc) is 3.24. The molecule has 140 valence electrons. The Morgan fingerprint density at radius 2 is 1.57 bits per heavy atom. The number of methoxy groups -OCH3 is 2. The summed E-state index contributed by atoms with van der Waals surface area (Å²) >= 11 is 0. The van der Waals surface area contributed by atoms with E-state index in [9.17, 15) is 0 Å². The molecule has 4 rings (SSSR count). The van der Waals surface area contributed by atoms with E-state index in [1.54, 1.807) is 20.4 Å². The number of aromatic nitrogens is 3. The lowest BCUT2D eigenvalue weighted by Gasteiger charge is -2.08. The molecule has 2 aromatic heterocycles. The first kappa shape index (κ1) is 17.8. The van der Waals surface area contributed by atoms with Crippen molar-refractivity contribution in [2.24, 2.45) is 0 Å². The van der Waals surface area contributed by atoms with Crippen molar-refractivity contribution in [1.82, 2.24) is 15.0 Å². The number of nitrogens with zero attached hydrogens (tertiary/aromatic N) is 2. The molecule has 1 N–H and O–H groups in total. The number of imidazole rings is 1. The standard InChI is InChI=1S/C23H21N3O2/c1-15-4-6-16(7-5-15)20-11-8-17(13-24-20)23-25-14-21(26-23)19-10-9-18(27-2)12-22(19)28-3/h4-14H,1-3H3,(H,25,26). The molecule has 0 aliphatic heterocycles. The fourth-order valence-corrected chi connectivity index (χ4v) is 3.05. The number of nitrogens with one attached hydrogen (secondary N) is 1. The summed E-state index contributed by atoms with van der Waals surface area (Å²) in [6, 6.07) is 18.1. The van der Waals surface area contributed by atoms with Crippen LogP contribution in [0, 0.1) is 6.92 Å². The van der Waals surface area contributed by atoms with Gasteiger partial charge in [-0.3, -0.25) is 4.98 Å². The lowest BCUT2D eigenvalue weighted by Crippen LogP contribution is -1.91. The van der Waals surface area contributed by atoms with Crippen LogP contribution >= 0.6 is 0 Å². The van der Waals surface area contributed by atoms with Gasteiger partial charge in [-0.15, -0.1) is 0 Å². The third-order valence-corrected chi connectivity index (χ3v) is 4.66. The first-order chi connectivity index (χ1) is 13.7. The van der Waals surface area contributed by atoms with E-state index in [1.165, 1.54) is 5.56 Å². The molecule has 28 heavy (non-hydrogen) atoms. The molecular weight excluding hydrogens is 350 g/mol. The summed E-state index contributed by atoms with van der Waals surface area (Å²) in [6.07, 6.45) is 3.64. The van der Waals surface area contributed by atoms with Crippen LogP contribution in [0.15, 0.2) is 67.0 Å². The zero-order valence-corrected chi connectivity index (χ0v) is 16.1. The molecule has 2 heterocycles. The highest BCUT2D eigenvalue weighted by Crippen LogP contribution is 2.33. The Balaban J connectivity index is 1.62. The van der Waals surface area contributed by atoms with Gasteiger partial charge >= 0.3 is 0 Å². The fraction of sp³-hybridized carbons (Fsp3) is 0.130. The third kappa shape index (κ3) is 3.47. The number of rotatable bonds is 5. The molecule has 0 saturated heterocycles. The molecule has 0 spiro atoms. The summed E-state index contributed by atoms with van der Waals surface area (Å²) in [4.78, 5) is 12.5. The zero-order chi connectivity index (χ0) is 19.5. The van der Waals surface area contributed by atoms with E-state index in [0.29, 0.717) is 0 Å². The van der Waals surface area contributed by atoms with E-state index in [4.69, 9.17) is 9.47 Å². The van der Waals surface area contributed by atoms with Crippen LogP contribution in [0.1, 0.15) is 5.56 Å². The van der Waals surface area contributed by atoms with Gasteiger partial charge in [-0.05, 0) is 31.2 Å². The van der Waals surface area contributed by atoms with Crippen LogP contribution in [-0.2, 0) is 0 Å². The smallest absolute Gasteiger partial charge is 0.139 e. The Hall–Kier alpha value is -3.60. The van der Waals surface area contributed by atoms with Gasteiger partial charge in [-0.25, -0.2) is 4.98 Å². The van der Waals surface area contributed by atoms with E-state index in [-0.39, 0.29) is 0 Å². The quantitative estimate of drug-likeness (QED) is 0.528. The Morgan fingerprint density at radius 1 is 0.786 bits per heavy atom. The van der Waals surface area contributed by atoms with Crippen LogP contribution < -0.4 is 9.47 Å². The van der Waals surface area contributed by atoms with Gasteiger partial charge in [0.05, 0.1) is 31.8 Å². The van der Waals surface area contributed by atoms with Gasteiger partial charge in [0.25, 0.3) is 0 Å². The molecule has 5 heteroatoms. The van der Waals surface area contributed by atoms with Crippen molar-refractivity contribution in [2.75, 3.05) is 14.2 Å². The Labute approximate surface area is 164 Å². The minimum atomic E-state index is 0.724. The van der Waals surface area contributed by atoms with E-state index in [0.717, 1.165) is 45.4 Å². The van der Waals surface area contributed by atoms with Crippen molar-refractivity contribution < 1.29 is 9.47 Å². The maximum atomic E-state index is 5.49. The number of H-pyrrole nitrogens is 1. The number of hydrogen-bond acceptors (Lipinski definition) is 4. The summed E-state index contributed by atoms with van der Waals surface area (Å²) < 4.78 is 10.8. The molecule has 0 fully saturated rings. The number of benzene rings is 2. The van der Waals surface area contributed by atoms with Crippen LogP contribution in [0.3, 0.4) is 0 Å². The van der Waals surface area contributed by atoms with E-state index < -0.39 is 0 Å². The lowest BCUT2D eigenvalue weighted by atomic mass is 10.1. The van der Waals surface area contributed by atoms with Gasteiger partial charge in [0.15, 0.2) is 0 Å². The summed E-state index contributed by atoms with van der Waals surface area (Å²) in [6.45, 7) is 2.08. The van der Waals surface area contributed by atoms with Crippen molar-refractivity contribution in [3.8, 4) is 45.4 Å². The molecule has 0 amide bonds. The Morgan fingerprint density at radius 3 is 2.25 bits per heavy atom. The number of pyridine rings is 1. The van der Waals surface area contributed by atoms with E-state index in [2.05, 4.69) is 46.1 Å². The van der Waals surface area contributed by atoms with Gasteiger partial charge in [0.1, 0.15) is 17.3 Å². The van der Waals surface area contributed by atoms with Crippen molar-refractivity contribution in [2.45, 2.75) is 6.92 Å². The number of ether oxygens (including phenoxy) is 2. The van der Waals surface area contributed by atoms with Gasteiger partial charge in [-0.1, -0.05) is 29.8 Å². The van der Waals surface area contributed by atoms with Crippen molar-refractivity contribution in [3.05, 3.63) is 72.6 Å². The van der Waals surface area contributed by atoms with Gasteiger partial charge in [0.2, 0.25) is 0 Å². The average molecular weight is 371 g/mol. The first-order valence-corrected chi connectivity index (χ1v) is 8.99. The third-order valence-electron chi connectivity index (χ3n) is 4.66. The number of hydrogen-bond donors (Lipinski definition) is 1. The SMILES string of the molecule is COc1ccc(-c2cnc(-c3ccc(-c4ccc(C)cc4)nc3)[nH]2)c(OC)c1. The summed E-state index contributed by atoms with van der Waals surface area (Å²) in [5.74, 6) is 2.23. The van der Waals surface area contributed by atoms with Crippen molar-refractivity contribution in [3.63, 3.8) is 0 Å². The maximum Gasteiger partial charge on any atom is 0.139 e. The highest BCUT2D eigenvalue weighted by atomic mass is 16.5. The number of aryl methyl sites for hydroxylation is 1. The van der Waals surface area contributed by atoms with Crippen molar-refractivity contribution in [1.29, 1.82) is 0 Å². The van der Waals surface area contributed by atoms with Crippen LogP contribution in [0.2, 0.25) is 0 Å². The maximum absolute atomic E-state index is 5.49. The van der Waals surface area contributed by atoms with Crippen LogP contribution in [0.4, 0.5) is 0 Å². The predicted octanol–water partition coefficient (Wildman–Crippen LogP) is 5.13. The molecule has 0 unspecified atom stereocenters. The topological polar surface area (TPSA) is 60.0 Å². The Bertz CT molecular complexity index is 1080. The van der Waals surface area contributed by atoms with Crippen molar-refractivity contribution >= 4 is 0 Å². The second-order valence-electron chi connectivity index (χ2n) is 6.51. The minimum absolute atomic E-state index is 0.724. The molecule has 2 aromatic carbocycles. The van der Waals surface area contributed by atoms with Crippen LogP contribution in [-0.4, -0.2) is 29.2 Å². The molecule has 0 saturated carbocycles. The highest BCUT2D eigenvalue weighted by Gasteiger charge is 2.12. The normalized spacial score (nSPS) is 10.7. The van der Waals surface area contributed by atoms with Gasteiger partial charge < -0.3 is 14.5 Å². The predicted molar refractivity (Wildman–Crippen MR) is 111 cm³/mol. The first-order valence-electron chi connectivity index (χ1n) is 8.99. The second kappa shape index (κ2) is 7.56. The number of aromatic amines is 1. The van der Waals surface area contributed by atoms with E-state index >= 15 is 0 Å². The molecule has 4 aromatic rings. The highest BCUT2D eigenvalue weighted by molar-refractivity contribution is 5.71. The Kier molecular flexibility index (Phi) is 4.81. The molecule has 0 aliphatic carbocycles. The molecule has 0 bridgehead atoms. The van der Waals surface area contributed by atoms with Crippen LogP contribution in [0.25, 0.3) is 33.9 Å². The largest absolute Gasteiger partial charge is 0.497 e. The minimum Gasteiger partial charge on any atom is -0.497 e. The van der Waals surface area contributed by atoms with Gasteiger partial charge in [-0.2, -0.15) is 0 Å². The lowest BCUT2D eigenvalue weighted by molar-refractivity contribution is 0.395. The molecule has 0 radical (unpaired) electrons. The molecule has 0 aliphatic rings. The fourth-order valence-electron chi connectivity index (χ4n) is 3.05. The van der Waals surface area contributed by atoms with Gasteiger partial charge in [0, 0.05) is 29.0 Å². The molecule has 0 atom stereocenters. The monoisotopic (exact) mass is 371 g/mol. The molecule has 5 nitrogen and oxygen atoms in total. The zero-order valence-electron chi connectivity index (χ0n) is 16.1. The summed E-state index contributed by atoms with van der Waals surface area (Å²) in [5.41, 5.74) is 5.99. The summed E-state index contributed by atoms with van der Waals surface area (Å²) in [7, 11) is 3.28. The summed E-state index contributed by atoms with van der Waals surface area (Å²) in [5, 5.41) is 0. The van der Waals surface area contributed by atoms with E-state index in [1.807, 2.05) is 36.5 Å². The van der Waals surface area contributed by atoms with Crippen LogP contribution in [0.5, 0.6) is 11.5 Å². The second-order valence-corrected chi connectivity index (χ2v) is 6.51. The molecular formula is C23H21N3O2.